The Kier molecular flexibility index (Phi) is 5.15. The zero-order valence-corrected chi connectivity index (χ0v) is 11.8. The fraction of sp³-hybridized carbons (Fsp3) is 0.250. The van der Waals surface area contributed by atoms with Gasteiger partial charge in [0.1, 0.15) is 5.76 Å². The Morgan fingerprint density at radius 2 is 1.86 bits per heavy atom. The van der Waals surface area contributed by atoms with Gasteiger partial charge < -0.3 is 15.1 Å². The van der Waals surface area contributed by atoms with Crippen LogP contribution in [0.2, 0.25) is 0 Å². The molecule has 2 rings (SSSR count). The minimum absolute atomic E-state index is 0.0449. The molecule has 0 aliphatic carbocycles. The minimum Gasteiger partial charge on any atom is -0.467 e. The SMILES string of the molecule is C[C@H](NC(=O)CNC(=O)Cc1ccccc1)c1ccco1. The highest BCUT2D eigenvalue weighted by molar-refractivity contribution is 5.85. The molecule has 0 aliphatic rings. The van der Waals surface area contributed by atoms with E-state index in [0.717, 1.165) is 5.56 Å². The molecule has 0 unspecified atom stereocenters. The average molecular weight is 286 g/mol. The molecule has 21 heavy (non-hydrogen) atoms. The Bertz CT molecular complexity index is 579. The summed E-state index contributed by atoms with van der Waals surface area (Å²) in [6.07, 6.45) is 1.82. The van der Waals surface area contributed by atoms with E-state index in [1.165, 1.54) is 0 Å². The molecule has 0 saturated carbocycles. The molecular formula is C16H18N2O3. The Hall–Kier alpha value is -2.56. The third-order valence-corrected chi connectivity index (χ3v) is 3.00. The number of carbonyl (C=O) groups excluding carboxylic acids is 2. The van der Waals surface area contributed by atoms with Gasteiger partial charge in [-0.25, -0.2) is 0 Å². The predicted molar refractivity (Wildman–Crippen MR) is 78.4 cm³/mol. The molecule has 1 heterocycles. The van der Waals surface area contributed by atoms with E-state index in [4.69, 9.17) is 4.42 Å². The van der Waals surface area contributed by atoms with Crippen LogP contribution < -0.4 is 10.6 Å². The molecule has 0 fully saturated rings. The van der Waals surface area contributed by atoms with E-state index in [1.54, 1.807) is 18.4 Å². The number of nitrogens with one attached hydrogen (secondary N) is 2. The molecule has 1 aromatic carbocycles. The molecule has 0 spiro atoms. The van der Waals surface area contributed by atoms with Crippen LogP contribution in [0.3, 0.4) is 0 Å². The van der Waals surface area contributed by atoms with Gasteiger partial charge in [0.25, 0.3) is 0 Å². The van der Waals surface area contributed by atoms with Crippen molar-refractivity contribution in [3.63, 3.8) is 0 Å². The van der Waals surface area contributed by atoms with Gasteiger partial charge in [-0.3, -0.25) is 9.59 Å². The average Bonchev–Trinajstić information content (AvgIpc) is 3.00. The lowest BCUT2D eigenvalue weighted by atomic mass is 10.1. The number of hydrogen-bond donors (Lipinski definition) is 2. The summed E-state index contributed by atoms with van der Waals surface area (Å²) in [7, 11) is 0. The highest BCUT2D eigenvalue weighted by Crippen LogP contribution is 2.11. The fourth-order valence-electron chi connectivity index (χ4n) is 1.92. The minimum atomic E-state index is -0.250. The maximum Gasteiger partial charge on any atom is 0.239 e. The van der Waals surface area contributed by atoms with Crippen LogP contribution in [0.15, 0.2) is 53.1 Å². The van der Waals surface area contributed by atoms with Crippen molar-refractivity contribution in [1.29, 1.82) is 0 Å². The standard InChI is InChI=1S/C16H18N2O3/c1-12(14-8-5-9-21-14)18-16(20)11-17-15(19)10-13-6-3-2-4-7-13/h2-9,12H,10-11H2,1H3,(H,17,19)(H,18,20)/t12-/m0/s1. The van der Waals surface area contributed by atoms with Crippen molar-refractivity contribution in [3.8, 4) is 0 Å². The summed E-state index contributed by atoms with van der Waals surface area (Å²) >= 11 is 0. The van der Waals surface area contributed by atoms with Crippen molar-refractivity contribution >= 4 is 11.8 Å². The molecule has 0 aliphatic heterocycles. The van der Waals surface area contributed by atoms with Crippen molar-refractivity contribution < 1.29 is 14.0 Å². The fourth-order valence-corrected chi connectivity index (χ4v) is 1.92. The first-order valence-electron chi connectivity index (χ1n) is 6.78. The van der Waals surface area contributed by atoms with Gasteiger partial charge >= 0.3 is 0 Å². The zero-order chi connectivity index (χ0) is 15.1. The van der Waals surface area contributed by atoms with E-state index in [9.17, 15) is 9.59 Å². The molecule has 0 saturated heterocycles. The molecular weight excluding hydrogens is 268 g/mol. The summed E-state index contributed by atoms with van der Waals surface area (Å²) in [5, 5.41) is 5.35. The number of rotatable bonds is 6. The number of carbonyl (C=O) groups is 2. The van der Waals surface area contributed by atoms with Gasteiger partial charge in [-0.2, -0.15) is 0 Å². The smallest absolute Gasteiger partial charge is 0.239 e. The van der Waals surface area contributed by atoms with Crippen LogP contribution in [0, 0.1) is 0 Å². The first-order valence-corrected chi connectivity index (χ1v) is 6.78. The molecule has 2 N–H and O–H groups in total. The Morgan fingerprint density at radius 1 is 1.10 bits per heavy atom. The topological polar surface area (TPSA) is 71.3 Å². The summed E-state index contributed by atoms with van der Waals surface area (Å²) in [4.78, 5) is 23.5. The lowest BCUT2D eigenvalue weighted by Crippen LogP contribution is -2.38. The summed E-state index contributed by atoms with van der Waals surface area (Å²) in [5.41, 5.74) is 0.916. The van der Waals surface area contributed by atoms with Crippen LogP contribution in [0.5, 0.6) is 0 Å². The Morgan fingerprint density at radius 3 is 2.52 bits per heavy atom. The van der Waals surface area contributed by atoms with Crippen LogP contribution in [0.25, 0.3) is 0 Å². The van der Waals surface area contributed by atoms with E-state index in [1.807, 2.05) is 37.3 Å². The van der Waals surface area contributed by atoms with Crippen molar-refractivity contribution in [2.75, 3.05) is 6.54 Å². The maximum atomic E-state index is 11.7. The number of amides is 2. The van der Waals surface area contributed by atoms with Gasteiger partial charge in [0.2, 0.25) is 11.8 Å². The lowest BCUT2D eigenvalue weighted by molar-refractivity contribution is -0.126. The molecule has 110 valence electrons. The van der Waals surface area contributed by atoms with Crippen molar-refractivity contribution in [2.45, 2.75) is 19.4 Å². The number of hydrogen-bond acceptors (Lipinski definition) is 3. The molecule has 1 aromatic heterocycles. The van der Waals surface area contributed by atoms with Crippen LogP contribution >= 0.6 is 0 Å². The Labute approximate surface area is 123 Å². The third kappa shape index (κ3) is 4.80. The van der Waals surface area contributed by atoms with Gasteiger partial charge in [-0.05, 0) is 24.6 Å². The van der Waals surface area contributed by atoms with Gasteiger partial charge in [0, 0.05) is 0 Å². The summed E-state index contributed by atoms with van der Waals surface area (Å²) in [5.74, 6) is 0.251. The Balaban J connectivity index is 1.72. The highest BCUT2D eigenvalue weighted by Gasteiger charge is 2.12. The van der Waals surface area contributed by atoms with Crippen molar-refractivity contribution in [3.05, 3.63) is 60.1 Å². The third-order valence-electron chi connectivity index (χ3n) is 3.00. The van der Waals surface area contributed by atoms with Gasteiger partial charge in [0.15, 0.2) is 0 Å². The summed E-state index contributed by atoms with van der Waals surface area (Å²) in [6.45, 7) is 1.78. The summed E-state index contributed by atoms with van der Waals surface area (Å²) in [6, 6.07) is 12.7. The lowest BCUT2D eigenvalue weighted by Gasteiger charge is -2.12. The molecule has 1 atom stereocenters. The second kappa shape index (κ2) is 7.28. The molecule has 0 radical (unpaired) electrons. The van der Waals surface area contributed by atoms with E-state index in [2.05, 4.69) is 10.6 Å². The maximum absolute atomic E-state index is 11.7. The first-order chi connectivity index (χ1) is 10.1. The van der Waals surface area contributed by atoms with Gasteiger partial charge in [0.05, 0.1) is 25.3 Å². The van der Waals surface area contributed by atoms with E-state index in [-0.39, 0.29) is 30.8 Å². The van der Waals surface area contributed by atoms with Gasteiger partial charge in [-0.1, -0.05) is 30.3 Å². The van der Waals surface area contributed by atoms with Gasteiger partial charge in [-0.15, -0.1) is 0 Å². The molecule has 5 nitrogen and oxygen atoms in total. The van der Waals surface area contributed by atoms with Crippen LogP contribution in [0.1, 0.15) is 24.3 Å². The quantitative estimate of drug-likeness (QED) is 0.851. The van der Waals surface area contributed by atoms with E-state index in [0.29, 0.717) is 5.76 Å². The predicted octanol–water partition coefficient (Wildman–Crippen LogP) is 1.82. The van der Waals surface area contributed by atoms with Crippen LogP contribution in [-0.4, -0.2) is 18.4 Å². The van der Waals surface area contributed by atoms with Crippen LogP contribution in [-0.2, 0) is 16.0 Å². The summed E-state index contributed by atoms with van der Waals surface area (Å²) < 4.78 is 5.20. The van der Waals surface area contributed by atoms with Crippen molar-refractivity contribution in [1.82, 2.24) is 10.6 Å². The molecule has 5 heteroatoms. The molecule has 0 bridgehead atoms. The second-order valence-electron chi connectivity index (χ2n) is 4.74. The monoisotopic (exact) mass is 286 g/mol. The molecule has 2 amide bonds. The van der Waals surface area contributed by atoms with E-state index >= 15 is 0 Å². The normalized spacial score (nSPS) is 11.7. The second-order valence-corrected chi connectivity index (χ2v) is 4.74. The number of benzene rings is 1. The number of furan rings is 1. The van der Waals surface area contributed by atoms with E-state index < -0.39 is 0 Å². The molecule has 2 aromatic rings. The highest BCUT2D eigenvalue weighted by atomic mass is 16.3. The largest absolute Gasteiger partial charge is 0.467 e. The van der Waals surface area contributed by atoms with Crippen LogP contribution in [0.4, 0.5) is 0 Å². The zero-order valence-electron chi connectivity index (χ0n) is 11.8. The first kappa shape index (κ1) is 14.8. The van der Waals surface area contributed by atoms with Crippen molar-refractivity contribution in [2.24, 2.45) is 0 Å².